The maximum absolute atomic E-state index is 14.0. The zero-order valence-electron chi connectivity index (χ0n) is 53.7. The molecule has 30 heteroatoms. The molecule has 34 atom stereocenters. The summed E-state index contributed by atoms with van der Waals surface area (Å²) in [6, 6.07) is 0. The number of carboxylic acid groups (broad SMARTS) is 1. The van der Waals surface area contributed by atoms with Gasteiger partial charge in [0.1, 0.15) is 128 Å². The summed E-state index contributed by atoms with van der Waals surface area (Å²) in [5, 5.41) is 186. The molecular formula is C63H102O30. The van der Waals surface area contributed by atoms with E-state index in [1.54, 1.807) is 0 Å². The molecule has 6 saturated heterocycles. The van der Waals surface area contributed by atoms with Crippen molar-refractivity contribution in [3.05, 3.63) is 22.8 Å². The van der Waals surface area contributed by atoms with Gasteiger partial charge in [0.25, 0.3) is 0 Å². The molecule has 0 aromatic carbocycles. The summed E-state index contributed by atoms with van der Waals surface area (Å²) in [5.41, 5.74) is 1.09. The quantitative estimate of drug-likeness (QED) is 0.0524. The molecule has 0 bridgehead atoms. The standard InChI is InChI=1S/C63H102O30/c1-25(2)9-8-10-26(3)27-14-18-63(59(80)81)29-11-12-36-60(4,5)37(15-16-61(36,6)28(29)13-17-62(27,63)7)89-57-52(93-56-47(78)42(73)39(70)32(19-64)85-56)49(31(68)23-83-57)90-54-46(77)41(72)35(24-84-54)88-55-48(79)44(75)50(34(21-66)87-55)91-58-51(43(74)40(71)33(20-65)86-58)92-53-45(76)38(69)30(67)22-82-53/h9,26-27,30-58,64-79H,8,10-24H2,1-7H3,(H,80,81)/t26-,27-,30-,31+,32-,33-,34-,35+,36-,37+,38+,39-,40-,41+,42+,43+,44-,45-,46-,47-,48-,49+,50+,51-,52-,53+,54+,55-,56+,57+,58-,61-,62-,63+/m1/s1. The van der Waals surface area contributed by atoms with E-state index in [2.05, 4.69) is 54.5 Å². The van der Waals surface area contributed by atoms with Crippen molar-refractivity contribution >= 4 is 5.97 Å². The number of aliphatic hydroxyl groups is 16. The third-order valence-corrected chi connectivity index (χ3v) is 23.0. The van der Waals surface area contributed by atoms with Crippen molar-refractivity contribution in [3.8, 4) is 0 Å². The van der Waals surface area contributed by atoms with E-state index in [0.717, 1.165) is 37.7 Å². The molecule has 0 radical (unpaired) electrons. The van der Waals surface area contributed by atoms with Gasteiger partial charge in [0.2, 0.25) is 0 Å². The van der Waals surface area contributed by atoms with Gasteiger partial charge in [-0.05, 0) is 112 Å². The number of hydrogen-bond donors (Lipinski definition) is 17. The number of allylic oxidation sites excluding steroid dienone is 3. The fraction of sp³-hybridized carbons (Fsp3) is 0.921. The molecule has 10 aliphatic rings. The van der Waals surface area contributed by atoms with E-state index in [0.29, 0.717) is 38.0 Å². The second-order valence-electron chi connectivity index (χ2n) is 29.0. The molecule has 17 N–H and O–H groups in total. The predicted octanol–water partition coefficient (Wildman–Crippen LogP) is -3.59. The average molecular weight is 1340 g/mol. The van der Waals surface area contributed by atoms with Crippen LogP contribution in [0.25, 0.3) is 0 Å². The van der Waals surface area contributed by atoms with Crippen LogP contribution in [0.4, 0.5) is 0 Å². The maximum Gasteiger partial charge on any atom is 0.314 e. The van der Waals surface area contributed by atoms with Gasteiger partial charge in [-0.3, -0.25) is 4.79 Å². The second kappa shape index (κ2) is 29.2. The van der Waals surface area contributed by atoms with Crippen molar-refractivity contribution in [2.24, 2.45) is 39.4 Å². The minimum absolute atomic E-state index is 0.0253. The number of carbonyl (C=O) groups is 1. The Kier molecular flexibility index (Phi) is 23.1. The molecule has 10 rings (SSSR count). The summed E-state index contributed by atoms with van der Waals surface area (Å²) < 4.78 is 71.9. The van der Waals surface area contributed by atoms with Crippen LogP contribution in [0.2, 0.25) is 0 Å². The Labute approximate surface area is 539 Å². The lowest BCUT2D eigenvalue weighted by Crippen LogP contribution is -2.67. The number of aliphatic carboxylic acids is 1. The SMILES string of the molecule is CC(C)=CCC[C@@H](C)[C@H]1CC[C@@]2(C(=O)O)C3=C(CC[C@]12C)[C@@]1(C)CC[C@H](O[C@@H]2OC[C@H](O)[C@H](O[C@@H]4OC[C@H](O[C@H]5O[C@H](CO)[C@H](O[C@H]6O[C@H](CO)[C@@H](O)[C@H](O)[C@H]6O[C@@H]6OC[C@@H](O)[C@H](O)[C@H]6O)[C@H](O)[C@H]5O)[C@H](O)[C@H]4O)[C@H]2O[C@@H]2O[C@H](CO)[C@@H](O)[C@H](O)[C@H]2O)C(C)(C)[C@H]1CC3. The molecule has 0 amide bonds. The lowest BCUT2D eigenvalue weighted by Gasteiger charge is -2.62. The zero-order valence-corrected chi connectivity index (χ0v) is 53.7. The van der Waals surface area contributed by atoms with Crippen molar-refractivity contribution < 1.29 is 148 Å². The topological polar surface area (TPSA) is 472 Å². The van der Waals surface area contributed by atoms with Crippen LogP contribution in [0.15, 0.2) is 22.8 Å². The Morgan fingerprint density at radius 1 is 0.516 bits per heavy atom. The highest BCUT2D eigenvalue weighted by Crippen LogP contribution is 2.73. The Morgan fingerprint density at radius 3 is 1.71 bits per heavy atom. The average Bonchev–Trinajstić information content (AvgIpc) is 1.64. The highest BCUT2D eigenvalue weighted by atomic mass is 16.8. The van der Waals surface area contributed by atoms with Crippen LogP contribution < -0.4 is 0 Å². The Bertz CT molecular complexity index is 2570. The van der Waals surface area contributed by atoms with Gasteiger partial charge in [0, 0.05) is 0 Å². The third-order valence-electron chi connectivity index (χ3n) is 23.0. The summed E-state index contributed by atoms with van der Waals surface area (Å²) >= 11 is 0. The highest BCUT2D eigenvalue weighted by molar-refractivity contribution is 5.82. The summed E-state index contributed by atoms with van der Waals surface area (Å²) in [6.45, 7) is 10.8. The molecule has 6 aliphatic heterocycles. The first kappa shape index (κ1) is 73.5. The largest absolute Gasteiger partial charge is 0.481 e. The van der Waals surface area contributed by atoms with Crippen LogP contribution in [0.3, 0.4) is 0 Å². The predicted molar refractivity (Wildman–Crippen MR) is 313 cm³/mol. The van der Waals surface area contributed by atoms with E-state index in [4.69, 9.17) is 56.8 Å². The van der Waals surface area contributed by atoms with E-state index in [1.165, 1.54) is 11.1 Å². The smallest absolute Gasteiger partial charge is 0.314 e. The maximum atomic E-state index is 14.0. The first-order chi connectivity index (χ1) is 43.9. The fourth-order valence-electron chi connectivity index (χ4n) is 17.7. The van der Waals surface area contributed by atoms with Crippen LogP contribution in [0.1, 0.15) is 113 Å². The van der Waals surface area contributed by atoms with Crippen LogP contribution in [-0.4, -0.2) is 304 Å². The third kappa shape index (κ3) is 13.5. The van der Waals surface area contributed by atoms with Gasteiger partial charge in [-0.25, -0.2) is 0 Å². The monoisotopic (exact) mass is 1340 g/mol. The van der Waals surface area contributed by atoms with Gasteiger partial charge in [0.15, 0.2) is 37.7 Å². The molecule has 93 heavy (non-hydrogen) atoms. The van der Waals surface area contributed by atoms with Crippen LogP contribution in [0.5, 0.6) is 0 Å². The second-order valence-corrected chi connectivity index (χ2v) is 29.0. The molecule has 0 aromatic rings. The van der Waals surface area contributed by atoms with E-state index in [1.807, 2.05) is 0 Å². The molecular weight excluding hydrogens is 1240 g/mol. The number of fused-ring (bicyclic) bond motifs is 4. The minimum atomic E-state index is -2.10. The number of hydrogen-bond acceptors (Lipinski definition) is 29. The molecule has 0 aromatic heterocycles. The molecule has 4 aliphatic carbocycles. The molecule has 6 heterocycles. The van der Waals surface area contributed by atoms with Crippen molar-refractivity contribution in [1.29, 1.82) is 0 Å². The van der Waals surface area contributed by atoms with E-state index in [-0.39, 0.29) is 11.8 Å². The lowest BCUT2D eigenvalue weighted by atomic mass is 9.43. The van der Waals surface area contributed by atoms with Crippen LogP contribution in [0, 0.1) is 39.4 Å². The normalized spacial score (nSPS) is 50.5. The Balaban J connectivity index is 0.835. The Morgan fingerprint density at radius 2 is 1.05 bits per heavy atom. The Hall–Kier alpha value is -2.17. The van der Waals surface area contributed by atoms with Crippen molar-refractivity contribution in [2.45, 2.75) is 285 Å². The summed E-state index contributed by atoms with van der Waals surface area (Å²) in [5.74, 6) is -0.196. The van der Waals surface area contributed by atoms with E-state index >= 15 is 0 Å². The molecule has 0 spiro atoms. The molecule has 534 valence electrons. The van der Waals surface area contributed by atoms with Gasteiger partial charge < -0.3 is 144 Å². The van der Waals surface area contributed by atoms with Crippen molar-refractivity contribution in [3.63, 3.8) is 0 Å². The van der Waals surface area contributed by atoms with Crippen LogP contribution in [-0.2, 0) is 61.6 Å². The fourth-order valence-corrected chi connectivity index (χ4v) is 17.7. The van der Waals surface area contributed by atoms with Gasteiger partial charge in [-0.1, -0.05) is 57.4 Å². The molecule has 2 saturated carbocycles. The summed E-state index contributed by atoms with van der Waals surface area (Å²) in [4.78, 5) is 14.0. The number of ether oxygens (including phenoxy) is 12. The molecule has 0 unspecified atom stereocenters. The van der Waals surface area contributed by atoms with Gasteiger partial charge >= 0.3 is 5.97 Å². The summed E-state index contributed by atoms with van der Waals surface area (Å²) in [7, 11) is 0. The first-order valence-electron chi connectivity index (χ1n) is 32.9. The van der Waals surface area contributed by atoms with Gasteiger partial charge in [-0.15, -0.1) is 0 Å². The first-order valence-corrected chi connectivity index (χ1v) is 32.9. The number of aliphatic hydroxyl groups excluding tert-OH is 16. The molecule has 8 fully saturated rings. The zero-order chi connectivity index (χ0) is 67.7. The van der Waals surface area contributed by atoms with E-state index < -0.39 is 239 Å². The van der Waals surface area contributed by atoms with Crippen molar-refractivity contribution in [1.82, 2.24) is 0 Å². The van der Waals surface area contributed by atoms with Crippen molar-refractivity contribution in [2.75, 3.05) is 39.6 Å². The van der Waals surface area contributed by atoms with Gasteiger partial charge in [-0.2, -0.15) is 0 Å². The highest BCUT2D eigenvalue weighted by Gasteiger charge is 2.69. The van der Waals surface area contributed by atoms with Gasteiger partial charge in [0.05, 0.1) is 51.2 Å². The lowest BCUT2D eigenvalue weighted by molar-refractivity contribution is -0.395. The minimum Gasteiger partial charge on any atom is -0.481 e. The summed E-state index contributed by atoms with van der Waals surface area (Å²) in [6.07, 6.45) is -39.4. The van der Waals surface area contributed by atoms with Crippen LogP contribution >= 0.6 is 0 Å². The molecule has 30 nitrogen and oxygen atoms in total. The van der Waals surface area contributed by atoms with E-state index in [9.17, 15) is 91.6 Å². The number of carboxylic acids is 1. The number of rotatable bonds is 20.